The van der Waals surface area contributed by atoms with Gasteiger partial charge in [-0.05, 0) is 270 Å². The van der Waals surface area contributed by atoms with Gasteiger partial charge in [-0.3, -0.25) is 9.59 Å². The van der Waals surface area contributed by atoms with Crippen molar-refractivity contribution in [1.82, 2.24) is 0 Å². The van der Waals surface area contributed by atoms with Gasteiger partial charge in [-0.15, -0.1) is 13.2 Å². The second kappa shape index (κ2) is 59.0. The van der Waals surface area contributed by atoms with E-state index in [1.165, 1.54) is 101 Å². The number of anilines is 3. The number of aryl methyl sites for hydroxylation is 14. The molecule has 0 spiro atoms. The molecule has 0 fully saturated rings. The van der Waals surface area contributed by atoms with E-state index in [0.29, 0.717) is 29.6 Å². The summed E-state index contributed by atoms with van der Waals surface area (Å²) < 4.78 is 81.3. The number of halogens is 4. The third-order valence-corrected chi connectivity index (χ3v) is 17.6. The van der Waals surface area contributed by atoms with Crippen LogP contribution in [0.5, 0.6) is 63.2 Å². The van der Waals surface area contributed by atoms with E-state index in [-0.39, 0.29) is 41.4 Å². The lowest BCUT2D eigenvalue weighted by molar-refractivity contribution is -0.274. The van der Waals surface area contributed by atoms with Crippen molar-refractivity contribution < 1.29 is 85.8 Å². The van der Waals surface area contributed by atoms with Gasteiger partial charge >= 0.3 is 6.36 Å². The molecule has 13 aromatic rings. The van der Waals surface area contributed by atoms with Gasteiger partial charge in [-0.1, -0.05) is 203 Å². The number of rotatable bonds is 9. The molecular formula is C105H125F4N3O14. The van der Waals surface area contributed by atoms with Crippen LogP contribution in [0.3, 0.4) is 0 Å². The number of alkyl halides is 3. The number of carbonyl (C=O) groups is 2. The highest BCUT2D eigenvalue weighted by Crippen LogP contribution is 2.33. The van der Waals surface area contributed by atoms with E-state index in [1.54, 1.807) is 65.5 Å². The maximum Gasteiger partial charge on any atom is 0.573 e. The van der Waals surface area contributed by atoms with Crippen molar-refractivity contribution in [2.45, 2.75) is 131 Å². The quantitative estimate of drug-likeness (QED) is 0.0380. The number of hydrogen-bond acceptors (Lipinski definition) is 16. The molecule has 126 heavy (non-hydrogen) atoms. The number of ketones is 1. The summed E-state index contributed by atoms with van der Waals surface area (Å²) in [5.41, 5.74) is 26.1. The molecule has 1 aliphatic heterocycles. The predicted molar refractivity (Wildman–Crippen MR) is 505 cm³/mol. The predicted octanol–water partition coefficient (Wildman–Crippen LogP) is 25.5. The number of para-hydroxylation sites is 2. The van der Waals surface area contributed by atoms with Crippen LogP contribution in [-0.4, -0.2) is 85.9 Å². The molecule has 0 saturated carbocycles. The Bertz CT molecular complexity index is 5140. The summed E-state index contributed by atoms with van der Waals surface area (Å²) in [5, 5.41) is 50.6. The molecular weight excluding hydrogens is 1600 g/mol. The number of phenols is 4. The first kappa shape index (κ1) is 108. The van der Waals surface area contributed by atoms with Gasteiger partial charge in [-0.2, -0.15) is 0 Å². The molecule has 672 valence electrons. The molecule has 0 aliphatic carbocycles. The lowest BCUT2D eigenvalue weighted by Gasteiger charge is -2.08. The van der Waals surface area contributed by atoms with Gasteiger partial charge < -0.3 is 75.1 Å². The van der Waals surface area contributed by atoms with Gasteiger partial charge in [-0.25, -0.2) is 4.39 Å². The molecule has 1 heterocycles. The fourth-order valence-corrected chi connectivity index (χ4v) is 10.1. The molecule has 14 rings (SSSR count). The Labute approximate surface area is 742 Å². The number of methoxy groups -OCH3 is 4. The number of phenolic OH excluding ortho intramolecular Hbond substituents is 4. The van der Waals surface area contributed by atoms with E-state index in [0.717, 1.165) is 84.6 Å². The van der Waals surface area contributed by atoms with Crippen LogP contribution >= 0.6 is 0 Å². The van der Waals surface area contributed by atoms with E-state index < -0.39 is 6.36 Å². The SMILES string of the molecule is CC(=O)Nc1ccc(C)cc1.CC(=O)c1ccc(C)cc1.CNc1ccc(C)cc1.COc1cc(C)ccc1O.COc1ccc(C)cc1OC.COc1cccc(C)c1.Cc1c(O)cccc1F.Cc1ccc(CO)cc1.Cc1ccc(O)c(C)c1.Cc1ccc(OC(F)(F)F)cc1.Cc1ccc2c(c1)OCO2.Cc1cccc(C)c1O.Cc1ccccc1N. The molecule has 0 atom stereocenters. The standard InChI is InChI=1S/C9H11NO.C9H12O2.C9H10O.C8H7F3O.C8H11N.C8H8O2.C8H10O2.4C8H10O.C7H7FO.C7H9N/c1-7-3-5-9(6-4-7)10-8(2)11;1-7-4-5-8(10-2)9(6-7)11-3;1-7-3-5-9(6-4-7)8(2)10;1-6-2-4-7(5-3-6)12-8(9,10)11;1-7-3-5-8(9-2)6-4-7;1-6-2-3-7-8(4-6)10-5-9-7;1-6-3-4-7(9)8(5-6)10-2;1-6-3-4-8(9)7(2)5-6;1-7-4-3-5-8(6-7)9-2;1-6-4-3-5-7(2)8(6)9;1-7-2-4-8(6-9)5-3-7;1-5-6(8)3-2-4-7(5)9;1-6-4-2-3-5-7(6)8/h3-6H,1-2H3,(H,10,11);4-6H,1-3H3;3-6H,1-2H3;2-5H,1H3;3-6,9H,1-2H3;2-4H,5H2,1H3;3-5,9H,1-2H3;3-5,9H,1-2H3;3-6H,1-2H3;3-5,9H,1-2H3;2-5,9H,6H2,1H3;2-4,9H,1H3;2-5H,8H2,1H3. The van der Waals surface area contributed by atoms with Crippen LogP contribution < -0.4 is 49.5 Å². The zero-order chi connectivity index (χ0) is 94.4. The van der Waals surface area contributed by atoms with Crippen molar-refractivity contribution in [2.24, 2.45) is 0 Å². The van der Waals surface area contributed by atoms with Crippen LogP contribution in [0.15, 0.2) is 279 Å². The number of hydrogen-bond donors (Lipinski definition) is 8. The molecule has 0 aromatic heterocycles. The van der Waals surface area contributed by atoms with Crippen molar-refractivity contribution >= 4 is 28.8 Å². The van der Waals surface area contributed by atoms with Crippen LogP contribution in [0.2, 0.25) is 0 Å². The summed E-state index contributed by atoms with van der Waals surface area (Å²) in [7, 11) is 8.40. The number of nitrogens with one attached hydrogen (secondary N) is 2. The van der Waals surface area contributed by atoms with E-state index >= 15 is 0 Å². The molecule has 0 radical (unpaired) electrons. The van der Waals surface area contributed by atoms with Crippen LogP contribution in [-0.2, 0) is 11.4 Å². The maximum atomic E-state index is 12.4. The Morgan fingerprint density at radius 2 is 0.825 bits per heavy atom. The van der Waals surface area contributed by atoms with Gasteiger partial charge in [0.2, 0.25) is 12.7 Å². The Morgan fingerprint density at radius 3 is 1.25 bits per heavy atom. The van der Waals surface area contributed by atoms with Crippen LogP contribution in [0.25, 0.3) is 0 Å². The van der Waals surface area contributed by atoms with Gasteiger partial charge in [0.05, 0.1) is 35.0 Å². The van der Waals surface area contributed by atoms with Crippen LogP contribution in [0.1, 0.15) is 113 Å². The summed E-state index contributed by atoms with van der Waals surface area (Å²) in [6, 6.07) is 85.3. The van der Waals surface area contributed by atoms with Gasteiger partial charge in [0.25, 0.3) is 0 Å². The van der Waals surface area contributed by atoms with Crippen molar-refractivity contribution in [1.29, 1.82) is 0 Å². The first-order valence-corrected chi connectivity index (χ1v) is 40.1. The summed E-state index contributed by atoms with van der Waals surface area (Å²) in [4.78, 5) is 21.3. The minimum atomic E-state index is -4.60. The topological polar surface area (TPSA) is 250 Å². The number of aliphatic hydroxyl groups is 1. The molecule has 21 heteroatoms. The number of fused-ring (bicyclic) bond motifs is 1. The third kappa shape index (κ3) is 46.4. The molecule has 0 bridgehead atoms. The fraction of sp³-hybridized carbons (Fsp3) is 0.238. The van der Waals surface area contributed by atoms with Gasteiger partial charge in [0.1, 0.15) is 34.6 Å². The molecule has 0 unspecified atom stereocenters. The smallest absolute Gasteiger partial charge is 0.508 e. The number of Topliss-reactive ketones (excluding diaryl/α,β-unsaturated/α-hetero) is 1. The average Bonchev–Trinajstić information content (AvgIpc) is 1.72. The van der Waals surface area contributed by atoms with E-state index in [9.17, 15) is 32.3 Å². The van der Waals surface area contributed by atoms with Crippen molar-refractivity contribution in [3.63, 3.8) is 0 Å². The molecule has 9 N–H and O–H groups in total. The lowest BCUT2D eigenvalue weighted by Crippen LogP contribution is -2.16. The minimum Gasteiger partial charge on any atom is -0.508 e. The second-order valence-electron chi connectivity index (χ2n) is 28.8. The van der Waals surface area contributed by atoms with E-state index in [4.69, 9.17) is 54.6 Å². The Hall–Kier alpha value is -13.9. The number of nitrogens with two attached hydrogens (primary N) is 1. The number of aliphatic hydroxyl groups excluding tert-OH is 1. The molecule has 1 aliphatic rings. The van der Waals surface area contributed by atoms with Gasteiger partial charge in [0.15, 0.2) is 40.3 Å². The van der Waals surface area contributed by atoms with Crippen molar-refractivity contribution in [3.05, 3.63) is 379 Å². The van der Waals surface area contributed by atoms with Crippen LogP contribution in [0.4, 0.5) is 34.6 Å². The zero-order valence-electron chi connectivity index (χ0n) is 76.5. The normalized spacial score (nSPS) is 9.90. The summed E-state index contributed by atoms with van der Waals surface area (Å²) in [5.74, 6) is 5.25. The molecule has 13 aromatic carbocycles. The molecule has 1 amide bonds. The Balaban J connectivity index is 0.000000463. The van der Waals surface area contributed by atoms with E-state index in [1.807, 2.05) is 284 Å². The Morgan fingerprint density at radius 1 is 0.397 bits per heavy atom. The maximum absolute atomic E-state index is 12.4. The zero-order valence-corrected chi connectivity index (χ0v) is 76.5. The first-order valence-electron chi connectivity index (χ1n) is 40.1. The summed E-state index contributed by atoms with van der Waals surface area (Å²) >= 11 is 0. The fourth-order valence-electron chi connectivity index (χ4n) is 10.1. The van der Waals surface area contributed by atoms with Crippen molar-refractivity contribution in [3.8, 4) is 63.2 Å². The van der Waals surface area contributed by atoms with Crippen LogP contribution in [0, 0.1) is 110 Å². The number of nitrogen functional groups attached to an aromatic ring is 1. The Kier molecular flexibility index (Phi) is 50.6. The highest BCUT2D eigenvalue weighted by atomic mass is 19.4. The molecule has 0 saturated heterocycles. The van der Waals surface area contributed by atoms with E-state index in [2.05, 4.69) is 46.6 Å². The first-order chi connectivity index (χ1) is 59.6. The number of ether oxygens (including phenoxy) is 7. The second-order valence-corrected chi connectivity index (χ2v) is 28.8. The average molecular weight is 1730 g/mol. The number of amides is 1. The van der Waals surface area contributed by atoms with Crippen molar-refractivity contribution in [2.75, 3.05) is 58.6 Å². The largest absolute Gasteiger partial charge is 0.573 e. The highest BCUT2D eigenvalue weighted by molar-refractivity contribution is 5.94. The summed E-state index contributed by atoms with van der Waals surface area (Å²) in [6.45, 7) is 32.7. The van der Waals surface area contributed by atoms with Gasteiger partial charge in [0, 0.05) is 42.2 Å². The minimum absolute atomic E-state index is 0.00926. The molecule has 17 nitrogen and oxygen atoms in total. The number of aromatic hydroxyl groups is 4. The summed E-state index contributed by atoms with van der Waals surface area (Å²) in [6.07, 6.45) is -4.60. The third-order valence-electron chi connectivity index (χ3n) is 17.6. The lowest BCUT2D eigenvalue weighted by atomic mass is 10.1. The monoisotopic (exact) mass is 1730 g/mol. The highest BCUT2D eigenvalue weighted by Gasteiger charge is 2.31. The number of benzene rings is 13. The number of carbonyl (C=O) groups excluding carboxylic acids is 2.